The number of morpholine rings is 1. The van der Waals surface area contributed by atoms with Gasteiger partial charge in [0, 0.05) is 24.1 Å². The molecule has 1 aromatic carbocycles. The zero-order valence-corrected chi connectivity index (χ0v) is 11.5. The van der Waals surface area contributed by atoms with Crippen LogP contribution in [0.4, 0.5) is 0 Å². The number of likely N-dealkylation sites (N-methyl/N-ethyl adjacent to an activating group) is 1. The van der Waals surface area contributed by atoms with Crippen LogP contribution in [0.1, 0.15) is 10.4 Å². The van der Waals surface area contributed by atoms with Gasteiger partial charge in [-0.2, -0.15) is 0 Å². The largest absolute Gasteiger partial charge is 0.377 e. The predicted octanol–water partition coefficient (Wildman–Crippen LogP) is 0.562. The molecule has 6 heteroatoms. The van der Waals surface area contributed by atoms with Crippen LogP contribution in [0.15, 0.2) is 29.2 Å². The van der Waals surface area contributed by atoms with Crippen LogP contribution in [-0.2, 0) is 9.53 Å². The molecule has 0 saturated carbocycles. The molecule has 0 aromatic heterocycles. The van der Waals surface area contributed by atoms with Gasteiger partial charge >= 0.3 is 0 Å². The first-order chi connectivity index (χ1) is 9.13. The summed E-state index contributed by atoms with van der Waals surface area (Å²) in [6, 6.07) is 6.36. The Balaban J connectivity index is 2.20. The highest BCUT2D eigenvalue weighted by atomic mass is 32.1. The molecule has 1 aromatic rings. The van der Waals surface area contributed by atoms with Crippen LogP contribution in [0, 0.1) is 0 Å². The van der Waals surface area contributed by atoms with E-state index in [1.54, 1.807) is 36.2 Å². The zero-order chi connectivity index (χ0) is 13.8. The van der Waals surface area contributed by atoms with Gasteiger partial charge in [0.1, 0.15) is 6.04 Å². The van der Waals surface area contributed by atoms with Crippen molar-refractivity contribution in [3.05, 3.63) is 29.8 Å². The molecule has 1 N–H and O–H groups in total. The van der Waals surface area contributed by atoms with Crippen LogP contribution in [0.2, 0.25) is 0 Å². The Labute approximate surface area is 117 Å². The molecule has 0 aliphatic carbocycles. The van der Waals surface area contributed by atoms with Crippen molar-refractivity contribution in [2.24, 2.45) is 0 Å². The molecule has 1 aliphatic heterocycles. The quantitative estimate of drug-likeness (QED) is 0.778. The summed E-state index contributed by atoms with van der Waals surface area (Å²) in [6.45, 7) is 1.10. The van der Waals surface area contributed by atoms with Crippen LogP contribution in [0.3, 0.4) is 0 Å². The fraction of sp³-hybridized carbons (Fsp3) is 0.385. The molecule has 2 rings (SSSR count). The van der Waals surface area contributed by atoms with Crippen LogP contribution < -0.4 is 5.32 Å². The summed E-state index contributed by atoms with van der Waals surface area (Å²) in [5.74, 6) is -0.371. The van der Waals surface area contributed by atoms with Gasteiger partial charge in [0.05, 0.1) is 13.2 Å². The number of thiol groups is 1. The van der Waals surface area contributed by atoms with Gasteiger partial charge in [0.15, 0.2) is 0 Å². The molecular formula is C13H16N2O3S. The molecule has 2 amide bonds. The Bertz CT molecular complexity index is 475. The summed E-state index contributed by atoms with van der Waals surface area (Å²) in [5.41, 5.74) is 0.550. The molecule has 19 heavy (non-hydrogen) atoms. The normalized spacial score (nSPS) is 19.1. The molecule has 0 spiro atoms. The highest BCUT2D eigenvalue weighted by Crippen LogP contribution is 2.14. The number of hydrogen-bond donors (Lipinski definition) is 2. The van der Waals surface area contributed by atoms with Gasteiger partial charge in [-0.1, -0.05) is 0 Å². The van der Waals surface area contributed by atoms with Gasteiger partial charge in [-0.05, 0) is 24.3 Å². The van der Waals surface area contributed by atoms with Crippen LogP contribution >= 0.6 is 12.6 Å². The first kappa shape index (κ1) is 13.9. The maximum absolute atomic E-state index is 12.4. The van der Waals surface area contributed by atoms with Crippen LogP contribution in [0.5, 0.6) is 0 Å². The Kier molecular flexibility index (Phi) is 4.44. The van der Waals surface area contributed by atoms with E-state index in [4.69, 9.17) is 4.74 Å². The SMILES string of the molecule is CNC(=O)C1COCCN1C(=O)c1ccc(S)cc1. The third kappa shape index (κ3) is 3.08. The standard InChI is InChI=1S/C13H16N2O3S/c1-14-12(16)11-8-18-7-6-15(11)13(17)9-2-4-10(19)5-3-9/h2-5,11,19H,6-8H2,1H3,(H,14,16). The van der Waals surface area contributed by atoms with Crippen molar-refractivity contribution in [2.75, 3.05) is 26.8 Å². The minimum Gasteiger partial charge on any atom is -0.377 e. The predicted molar refractivity (Wildman–Crippen MR) is 73.4 cm³/mol. The second-order valence-electron chi connectivity index (χ2n) is 4.25. The Morgan fingerprint density at radius 3 is 2.68 bits per heavy atom. The number of nitrogens with zero attached hydrogens (tertiary/aromatic N) is 1. The average Bonchev–Trinajstić information content (AvgIpc) is 2.46. The number of hydrogen-bond acceptors (Lipinski definition) is 4. The fourth-order valence-electron chi connectivity index (χ4n) is 2.00. The smallest absolute Gasteiger partial charge is 0.254 e. The van der Waals surface area contributed by atoms with Gasteiger partial charge < -0.3 is 15.0 Å². The van der Waals surface area contributed by atoms with Gasteiger partial charge in [0.2, 0.25) is 5.91 Å². The summed E-state index contributed by atoms with van der Waals surface area (Å²) in [7, 11) is 1.55. The zero-order valence-electron chi connectivity index (χ0n) is 10.6. The molecule has 1 atom stereocenters. The van der Waals surface area contributed by atoms with E-state index < -0.39 is 6.04 Å². The Morgan fingerprint density at radius 1 is 1.37 bits per heavy atom. The second-order valence-corrected chi connectivity index (χ2v) is 4.77. The number of nitrogens with one attached hydrogen (secondary N) is 1. The lowest BCUT2D eigenvalue weighted by Gasteiger charge is -2.34. The minimum atomic E-state index is -0.568. The molecule has 102 valence electrons. The molecular weight excluding hydrogens is 264 g/mol. The number of benzene rings is 1. The first-order valence-electron chi connectivity index (χ1n) is 6.03. The van der Waals surface area contributed by atoms with E-state index in [9.17, 15) is 9.59 Å². The van der Waals surface area contributed by atoms with E-state index in [0.717, 1.165) is 4.90 Å². The number of amides is 2. The molecule has 1 heterocycles. The van der Waals surface area contributed by atoms with Crippen molar-refractivity contribution >= 4 is 24.4 Å². The molecule has 1 unspecified atom stereocenters. The summed E-state index contributed by atoms with van der Waals surface area (Å²) in [4.78, 5) is 26.5. The maximum atomic E-state index is 12.4. The topological polar surface area (TPSA) is 58.6 Å². The monoisotopic (exact) mass is 280 g/mol. The summed E-state index contributed by atoms with van der Waals surface area (Å²) >= 11 is 4.18. The third-order valence-electron chi connectivity index (χ3n) is 3.05. The third-order valence-corrected chi connectivity index (χ3v) is 3.35. The minimum absolute atomic E-state index is 0.162. The maximum Gasteiger partial charge on any atom is 0.254 e. The molecule has 0 bridgehead atoms. The summed E-state index contributed by atoms with van der Waals surface area (Å²) in [6.07, 6.45) is 0. The number of carbonyl (C=O) groups is 2. The van der Waals surface area contributed by atoms with Crippen LogP contribution in [-0.4, -0.2) is 49.6 Å². The first-order valence-corrected chi connectivity index (χ1v) is 6.47. The molecule has 0 radical (unpaired) electrons. The van der Waals surface area contributed by atoms with Gasteiger partial charge in [0.25, 0.3) is 5.91 Å². The Hall–Kier alpha value is -1.53. The van der Waals surface area contributed by atoms with Crippen molar-refractivity contribution in [3.63, 3.8) is 0 Å². The number of ether oxygens (including phenoxy) is 1. The van der Waals surface area contributed by atoms with Crippen molar-refractivity contribution < 1.29 is 14.3 Å². The molecule has 1 fully saturated rings. The van der Waals surface area contributed by atoms with E-state index in [2.05, 4.69) is 17.9 Å². The van der Waals surface area contributed by atoms with Gasteiger partial charge in [-0.3, -0.25) is 9.59 Å². The van der Waals surface area contributed by atoms with Crippen molar-refractivity contribution in [1.82, 2.24) is 10.2 Å². The van der Waals surface area contributed by atoms with E-state index in [1.807, 2.05) is 0 Å². The van der Waals surface area contributed by atoms with E-state index in [1.165, 1.54) is 0 Å². The van der Waals surface area contributed by atoms with E-state index >= 15 is 0 Å². The lowest BCUT2D eigenvalue weighted by atomic mass is 10.1. The van der Waals surface area contributed by atoms with Crippen molar-refractivity contribution in [1.29, 1.82) is 0 Å². The highest BCUT2D eigenvalue weighted by Gasteiger charge is 2.32. The summed E-state index contributed by atoms with van der Waals surface area (Å²) in [5, 5.41) is 2.56. The van der Waals surface area contributed by atoms with Crippen LogP contribution in [0.25, 0.3) is 0 Å². The number of carbonyl (C=O) groups excluding carboxylic acids is 2. The number of rotatable bonds is 2. The van der Waals surface area contributed by atoms with E-state index in [0.29, 0.717) is 18.7 Å². The van der Waals surface area contributed by atoms with Gasteiger partial charge in [-0.15, -0.1) is 12.6 Å². The second kappa shape index (κ2) is 6.08. The van der Waals surface area contributed by atoms with E-state index in [-0.39, 0.29) is 18.4 Å². The average molecular weight is 280 g/mol. The molecule has 1 aliphatic rings. The summed E-state index contributed by atoms with van der Waals surface area (Å²) < 4.78 is 5.27. The van der Waals surface area contributed by atoms with Crippen molar-refractivity contribution in [2.45, 2.75) is 10.9 Å². The van der Waals surface area contributed by atoms with Gasteiger partial charge in [-0.25, -0.2) is 0 Å². The fourth-order valence-corrected chi connectivity index (χ4v) is 2.15. The molecule has 1 saturated heterocycles. The molecule has 5 nitrogen and oxygen atoms in total. The lowest BCUT2D eigenvalue weighted by molar-refractivity contribution is -0.130. The van der Waals surface area contributed by atoms with Crippen molar-refractivity contribution in [3.8, 4) is 0 Å². The lowest BCUT2D eigenvalue weighted by Crippen LogP contribution is -2.55. The Morgan fingerprint density at radius 2 is 2.05 bits per heavy atom. The highest BCUT2D eigenvalue weighted by molar-refractivity contribution is 7.80.